The first-order valence-electron chi connectivity index (χ1n) is 4.39. The van der Waals surface area contributed by atoms with Gasteiger partial charge in [-0.2, -0.15) is 0 Å². The van der Waals surface area contributed by atoms with Crippen molar-refractivity contribution in [1.29, 1.82) is 0 Å². The van der Waals surface area contributed by atoms with Gasteiger partial charge in [0.05, 0.1) is 6.20 Å². The zero-order valence-electron chi connectivity index (χ0n) is 7.83. The Morgan fingerprint density at radius 2 is 1.93 bits per heavy atom. The van der Waals surface area contributed by atoms with E-state index in [2.05, 4.69) is 9.97 Å². The average molecular weight is 200 g/mol. The van der Waals surface area contributed by atoms with E-state index in [4.69, 9.17) is 4.74 Å². The van der Waals surface area contributed by atoms with E-state index in [0.29, 0.717) is 5.75 Å². The van der Waals surface area contributed by atoms with Crippen LogP contribution in [0.3, 0.4) is 0 Å². The number of hydrogen-bond donors (Lipinski definition) is 0. The van der Waals surface area contributed by atoms with Crippen molar-refractivity contribution in [3.63, 3.8) is 0 Å². The summed E-state index contributed by atoms with van der Waals surface area (Å²) in [6.07, 6.45) is 4.31. The summed E-state index contributed by atoms with van der Waals surface area (Å²) in [4.78, 5) is 19.1. The summed E-state index contributed by atoms with van der Waals surface area (Å²) >= 11 is 0. The van der Waals surface area contributed by atoms with Crippen LogP contribution in [0.15, 0.2) is 48.9 Å². The third-order valence-electron chi connectivity index (χ3n) is 1.73. The third-order valence-corrected chi connectivity index (χ3v) is 1.73. The van der Waals surface area contributed by atoms with E-state index >= 15 is 0 Å². The molecule has 0 radical (unpaired) electrons. The van der Waals surface area contributed by atoms with Gasteiger partial charge in [-0.3, -0.25) is 4.98 Å². The van der Waals surface area contributed by atoms with Crippen molar-refractivity contribution in [2.24, 2.45) is 0 Å². The Bertz CT molecular complexity index is 443. The fourth-order valence-electron chi connectivity index (χ4n) is 1.05. The van der Waals surface area contributed by atoms with Gasteiger partial charge in [-0.25, -0.2) is 9.78 Å². The molecule has 1 heterocycles. The molecule has 74 valence electrons. The van der Waals surface area contributed by atoms with E-state index in [9.17, 15) is 4.79 Å². The fourth-order valence-corrected chi connectivity index (χ4v) is 1.05. The Morgan fingerprint density at radius 1 is 1.13 bits per heavy atom. The minimum atomic E-state index is -0.505. The zero-order valence-corrected chi connectivity index (χ0v) is 7.83. The molecule has 0 aliphatic carbocycles. The number of ether oxygens (including phenoxy) is 1. The van der Waals surface area contributed by atoms with E-state index in [1.165, 1.54) is 18.6 Å². The van der Waals surface area contributed by atoms with Crippen molar-refractivity contribution in [3.05, 3.63) is 54.6 Å². The first kappa shape index (κ1) is 9.33. The van der Waals surface area contributed by atoms with Gasteiger partial charge in [0.15, 0.2) is 5.69 Å². The Balaban J connectivity index is 2.12. The van der Waals surface area contributed by atoms with Crippen LogP contribution in [-0.2, 0) is 0 Å². The van der Waals surface area contributed by atoms with Crippen molar-refractivity contribution in [2.75, 3.05) is 0 Å². The van der Waals surface area contributed by atoms with Crippen LogP contribution in [-0.4, -0.2) is 15.9 Å². The van der Waals surface area contributed by atoms with Gasteiger partial charge in [-0.15, -0.1) is 0 Å². The summed E-state index contributed by atoms with van der Waals surface area (Å²) in [5, 5.41) is 0. The smallest absolute Gasteiger partial charge is 0.363 e. The standard InChI is InChI=1S/C11H8N2O2/c14-11(10-8-12-6-7-13-10)15-9-4-2-1-3-5-9/h1-8H. The lowest BCUT2D eigenvalue weighted by Gasteiger charge is -2.01. The summed E-state index contributed by atoms with van der Waals surface area (Å²) in [7, 11) is 0. The molecule has 0 N–H and O–H groups in total. The van der Waals surface area contributed by atoms with Crippen LogP contribution in [0.4, 0.5) is 0 Å². The predicted octanol–water partition coefficient (Wildman–Crippen LogP) is 1.70. The van der Waals surface area contributed by atoms with Crippen LogP contribution in [0.5, 0.6) is 5.75 Å². The number of benzene rings is 1. The molecule has 0 saturated heterocycles. The summed E-state index contributed by atoms with van der Waals surface area (Å²) in [6, 6.07) is 8.83. The van der Waals surface area contributed by atoms with Crippen LogP contribution < -0.4 is 4.74 Å². The quantitative estimate of drug-likeness (QED) is 0.546. The minimum absolute atomic E-state index is 0.196. The largest absolute Gasteiger partial charge is 0.422 e. The molecule has 0 bridgehead atoms. The van der Waals surface area contributed by atoms with E-state index in [1.807, 2.05) is 6.07 Å². The number of carbonyl (C=O) groups excluding carboxylic acids is 1. The van der Waals surface area contributed by atoms with E-state index < -0.39 is 5.97 Å². The van der Waals surface area contributed by atoms with Crippen molar-refractivity contribution >= 4 is 5.97 Å². The third kappa shape index (κ3) is 2.37. The molecular weight excluding hydrogens is 192 g/mol. The molecule has 0 atom stereocenters. The van der Waals surface area contributed by atoms with Gasteiger partial charge in [0.2, 0.25) is 0 Å². The van der Waals surface area contributed by atoms with Crippen molar-refractivity contribution in [3.8, 4) is 5.75 Å². The number of esters is 1. The fraction of sp³-hybridized carbons (Fsp3) is 0. The number of carbonyl (C=O) groups is 1. The first-order valence-corrected chi connectivity index (χ1v) is 4.39. The predicted molar refractivity (Wildman–Crippen MR) is 53.4 cm³/mol. The van der Waals surface area contributed by atoms with Gasteiger partial charge in [0, 0.05) is 12.4 Å². The molecule has 1 aromatic heterocycles. The lowest BCUT2D eigenvalue weighted by atomic mass is 10.3. The van der Waals surface area contributed by atoms with Crippen molar-refractivity contribution in [1.82, 2.24) is 9.97 Å². The SMILES string of the molecule is O=C(Oc1ccccc1)c1cnccn1. The van der Waals surface area contributed by atoms with E-state index in [1.54, 1.807) is 24.3 Å². The molecule has 4 heteroatoms. The highest BCUT2D eigenvalue weighted by Crippen LogP contribution is 2.09. The molecule has 15 heavy (non-hydrogen) atoms. The average Bonchev–Trinajstić information content (AvgIpc) is 2.31. The number of nitrogens with zero attached hydrogens (tertiary/aromatic N) is 2. The Kier molecular flexibility index (Phi) is 2.69. The highest BCUT2D eigenvalue weighted by molar-refractivity contribution is 5.88. The highest BCUT2D eigenvalue weighted by Gasteiger charge is 2.08. The number of para-hydroxylation sites is 1. The first-order chi connectivity index (χ1) is 7.36. The monoisotopic (exact) mass is 200 g/mol. The highest BCUT2D eigenvalue weighted by atomic mass is 16.5. The van der Waals surface area contributed by atoms with Crippen LogP contribution in [0, 0.1) is 0 Å². The molecule has 4 nitrogen and oxygen atoms in total. The molecule has 0 aliphatic rings. The lowest BCUT2D eigenvalue weighted by molar-refractivity contribution is 0.0728. The van der Waals surface area contributed by atoms with Gasteiger partial charge in [-0.05, 0) is 12.1 Å². The number of aromatic nitrogens is 2. The normalized spacial score (nSPS) is 9.60. The maximum atomic E-state index is 11.5. The van der Waals surface area contributed by atoms with Gasteiger partial charge < -0.3 is 4.74 Å². The second-order valence-electron chi connectivity index (χ2n) is 2.79. The summed E-state index contributed by atoms with van der Waals surface area (Å²) < 4.78 is 5.06. The van der Waals surface area contributed by atoms with Gasteiger partial charge in [-0.1, -0.05) is 18.2 Å². The second kappa shape index (κ2) is 4.32. The van der Waals surface area contributed by atoms with Crippen LogP contribution in [0.25, 0.3) is 0 Å². The summed E-state index contributed by atoms with van der Waals surface area (Å²) in [6.45, 7) is 0. The maximum absolute atomic E-state index is 11.5. The molecule has 0 spiro atoms. The Hall–Kier alpha value is -2.23. The zero-order chi connectivity index (χ0) is 10.5. The summed E-state index contributed by atoms with van der Waals surface area (Å²) in [5.74, 6) is -0.0116. The van der Waals surface area contributed by atoms with Gasteiger partial charge in [0.1, 0.15) is 5.75 Å². The van der Waals surface area contributed by atoms with Gasteiger partial charge in [0.25, 0.3) is 0 Å². The topological polar surface area (TPSA) is 52.1 Å². The molecule has 0 fully saturated rings. The minimum Gasteiger partial charge on any atom is -0.422 e. The number of rotatable bonds is 2. The van der Waals surface area contributed by atoms with E-state index in [0.717, 1.165) is 0 Å². The lowest BCUT2D eigenvalue weighted by Crippen LogP contribution is -2.10. The van der Waals surface area contributed by atoms with E-state index in [-0.39, 0.29) is 5.69 Å². The second-order valence-corrected chi connectivity index (χ2v) is 2.79. The molecule has 2 rings (SSSR count). The molecule has 2 aromatic rings. The maximum Gasteiger partial charge on any atom is 0.363 e. The molecule has 1 aromatic carbocycles. The van der Waals surface area contributed by atoms with Crippen LogP contribution in [0.1, 0.15) is 10.5 Å². The Morgan fingerprint density at radius 3 is 2.60 bits per heavy atom. The molecular formula is C11H8N2O2. The Labute approximate surface area is 86.6 Å². The summed E-state index contributed by atoms with van der Waals surface area (Å²) in [5.41, 5.74) is 0.196. The van der Waals surface area contributed by atoms with Gasteiger partial charge >= 0.3 is 5.97 Å². The van der Waals surface area contributed by atoms with Crippen molar-refractivity contribution < 1.29 is 9.53 Å². The van der Waals surface area contributed by atoms with Crippen LogP contribution >= 0.6 is 0 Å². The molecule has 0 unspecified atom stereocenters. The van der Waals surface area contributed by atoms with Crippen molar-refractivity contribution in [2.45, 2.75) is 0 Å². The molecule has 0 aliphatic heterocycles. The number of hydrogen-bond acceptors (Lipinski definition) is 4. The molecule has 0 saturated carbocycles. The molecule has 0 amide bonds. The van der Waals surface area contributed by atoms with Crippen LogP contribution in [0.2, 0.25) is 0 Å².